The van der Waals surface area contributed by atoms with Crippen molar-refractivity contribution in [3.63, 3.8) is 0 Å². The van der Waals surface area contributed by atoms with Crippen molar-refractivity contribution in [1.82, 2.24) is 9.97 Å². The lowest BCUT2D eigenvalue weighted by atomic mass is 10.1. The molecular formula is C18H16F3N3. The lowest BCUT2D eigenvalue weighted by Crippen LogP contribution is -2.22. The number of aromatic nitrogens is 2. The molecule has 0 amide bonds. The number of hydrogen-bond acceptors (Lipinski definition) is 2. The summed E-state index contributed by atoms with van der Waals surface area (Å²) in [5.74, 6) is 0.453. The van der Waals surface area contributed by atoms with Crippen molar-refractivity contribution in [1.29, 1.82) is 0 Å². The summed E-state index contributed by atoms with van der Waals surface area (Å²) >= 11 is 0. The second-order valence-electron chi connectivity index (χ2n) is 6.03. The zero-order valence-corrected chi connectivity index (χ0v) is 12.9. The first-order valence-electron chi connectivity index (χ1n) is 7.94. The maximum Gasteiger partial charge on any atom is 0.418 e. The van der Waals surface area contributed by atoms with Gasteiger partial charge in [0.05, 0.1) is 16.6 Å². The van der Waals surface area contributed by atoms with E-state index in [4.69, 9.17) is 0 Å². The van der Waals surface area contributed by atoms with Gasteiger partial charge in [-0.05, 0) is 43.2 Å². The molecule has 2 aromatic carbocycles. The summed E-state index contributed by atoms with van der Waals surface area (Å²) < 4.78 is 40.6. The van der Waals surface area contributed by atoms with Crippen LogP contribution in [0.5, 0.6) is 0 Å². The van der Waals surface area contributed by atoms with E-state index in [2.05, 4.69) is 9.97 Å². The molecule has 4 rings (SSSR count). The summed E-state index contributed by atoms with van der Waals surface area (Å²) in [6.07, 6.45) is -2.52. The summed E-state index contributed by atoms with van der Waals surface area (Å²) in [5, 5.41) is 0. The minimum absolute atomic E-state index is 0.264. The van der Waals surface area contributed by atoms with Gasteiger partial charge in [0.15, 0.2) is 0 Å². The number of H-pyrrole nitrogens is 1. The molecule has 1 aliphatic rings. The van der Waals surface area contributed by atoms with Crippen LogP contribution >= 0.6 is 0 Å². The van der Waals surface area contributed by atoms with Crippen molar-refractivity contribution in [3.8, 4) is 11.4 Å². The van der Waals surface area contributed by atoms with E-state index in [0.29, 0.717) is 24.5 Å². The van der Waals surface area contributed by atoms with E-state index in [0.717, 1.165) is 23.9 Å². The van der Waals surface area contributed by atoms with Gasteiger partial charge in [-0.3, -0.25) is 0 Å². The Balaban J connectivity index is 1.82. The third-order valence-corrected chi connectivity index (χ3v) is 4.41. The fourth-order valence-corrected chi connectivity index (χ4v) is 3.23. The Bertz CT molecular complexity index is 844. The first kappa shape index (κ1) is 15.1. The number of fused-ring (bicyclic) bond motifs is 1. The Morgan fingerprint density at radius 3 is 2.46 bits per heavy atom. The second kappa shape index (κ2) is 5.54. The van der Waals surface area contributed by atoms with Crippen LogP contribution in [0.25, 0.3) is 22.4 Å². The predicted molar refractivity (Wildman–Crippen MR) is 88.0 cm³/mol. The first-order valence-corrected chi connectivity index (χ1v) is 7.94. The second-order valence-corrected chi connectivity index (χ2v) is 6.03. The maximum atomic E-state index is 13.5. The molecule has 1 fully saturated rings. The first-order chi connectivity index (χ1) is 11.5. The lowest BCUT2D eigenvalue weighted by molar-refractivity contribution is -0.137. The average Bonchev–Trinajstić information content (AvgIpc) is 3.23. The molecule has 3 aromatic rings. The molecule has 0 unspecified atom stereocenters. The van der Waals surface area contributed by atoms with Crippen LogP contribution in [0.3, 0.4) is 0 Å². The van der Waals surface area contributed by atoms with E-state index < -0.39 is 11.7 Å². The molecule has 1 aromatic heterocycles. The van der Waals surface area contributed by atoms with E-state index >= 15 is 0 Å². The van der Waals surface area contributed by atoms with E-state index in [1.807, 2.05) is 29.2 Å². The number of anilines is 1. The number of rotatable bonds is 2. The molecule has 1 aliphatic heterocycles. The number of aromatic amines is 1. The molecule has 0 saturated carbocycles. The fraction of sp³-hybridized carbons (Fsp3) is 0.278. The van der Waals surface area contributed by atoms with Gasteiger partial charge in [-0.25, -0.2) is 4.98 Å². The Hall–Kier alpha value is -2.50. The molecule has 124 valence electrons. The molecule has 1 saturated heterocycles. The van der Waals surface area contributed by atoms with Gasteiger partial charge in [0, 0.05) is 24.3 Å². The molecule has 3 nitrogen and oxygen atoms in total. The van der Waals surface area contributed by atoms with Crippen LogP contribution in [0.1, 0.15) is 18.4 Å². The van der Waals surface area contributed by atoms with Crippen LogP contribution in [-0.2, 0) is 6.18 Å². The summed E-state index contributed by atoms with van der Waals surface area (Å²) in [6.45, 7) is 1.35. The standard InChI is InChI=1S/C18H16F3N3/c19-18(20,21)13-11-12(7-8-16(13)24-9-3-4-10-24)17-22-14-5-1-2-6-15(14)23-17/h1-2,5-8,11H,3-4,9-10H2,(H,22,23). The average molecular weight is 331 g/mol. The minimum Gasteiger partial charge on any atom is -0.371 e. The van der Waals surface area contributed by atoms with Gasteiger partial charge < -0.3 is 9.88 Å². The van der Waals surface area contributed by atoms with Crippen molar-refractivity contribution >= 4 is 16.7 Å². The van der Waals surface area contributed by atoms with Gasteiger partial charge in [-0.1, -0.05) is 12.1 Å². The predicted octanol–water partition coefficient (Wildman–Crippen LogP) is 4.85. The Labute approximate surface area is 137 Å². The smallest absolute Gasteiger partial charge is 0.371 e. The third-order valence-electron chi connectivity index (χ3n) is 4.41. The van der Waals surface area contributed by atoms with E-state index in [-0.39, 0.29) is 5.69 Å². The summed E-state index contributed by atoms with van der Waals surface area (Å²) in [6, 6.07) is 11.9. The Morgan fingerprint density at radius 1 is 1.00 bits per heavy atom. The molecule has 0 aliphatic carbocycles. The number of para-hydroxylation sites is 2. The molecule has 0 atom stereocenters. The Kier molecular flexibility index (Phi) is 3.48. The fourth-order valence-electron chi connectivity index (χ4n) is 3.23. The van der Waals surface area contributed by atoms with Crippen LogP contribution < -0.4 is 4.90 Å². The minimum atomic E-state index is -4.39. The number of benzene rings is 2. The Morgan fingerprint density at radius 2 is 1.75 bits per heavy atom. The topological polar surface area (TPSA) is 31.9 Å². The van der Waals surface area contributed by atoms with Gasteiger partial charge in [-0.15, -0.1) is 0 Å². The molecule has 2 heterocycles. The molecular weight excluding hydrogens is 315 g/mol. The number of nitrogens with zero attached hydrogens (tertiary/aromatic N) is 2. The van der Waals surface area contributed by atoms with Crippen molar-refractivity contribution < 1.29 is 13.2 Å². The van der Waals surface area contributed by atoms with Gasteiger partial charge in [0.2, 0.25) is 0 Å². The van der Waals surface area contributed by atoms with E-state index in [1.54, 1.807) is 12.1 Å². The normalized spacial score (nSPS) is 15.4. The van der Waals surface area contributed by atoms with Crippen molar-refractivity contribution in [2.45, 2.75) is 19.0 Å². The van der Waals surface area contributed by atoms with Gasteiger partial charge >= 0.3 is 6.18 Å². The molecule has 6 heteroatoms. The number of hydrogen-bond donors (Lipinski definition) is 1. The molecule has 0 radical (unpaired) electrons. The molecule has 1 N–H and O–H groups in total. The molecule has 24 heavy (non-hydrogen) atoms. The van der Waals surface area contributed by atoms with Crippen molar-refractivity contribution in [2.75, 3.05) is 18.0 Å². The quantitative estimate of drug-likeness (QED) is 0.728. The van der Waals surface area contributed by atoms with Crippen LogP contribution in [0.15, 0.2) is 42.5 Å². The third kappa shape index (κ3) is 2.62. The van der Waals surface area contributed by atoms with Gasteiger partial charge in [0.25, 0.3) is 0 Å². The number of alkyl halides is 3. The van der Waals surface area contributed by atoms with Crippen LogP contribution in [0.4, 0.5) is 18.9 Å². The van der Waals surface area contributed by atoms with Crippen molar-refractivity contribution in [3.05, 3.63) is 48.0 Å². The highest BCUT2D eigenvalue weighted by molar-refractivity contribution is 5.80. The molecule has 0 spiro atoms. The number of nitrogens with one attached hydrogen (secondary N) is 1. The van der Waals surface area contributed by atoms with Crippen molar-refractivity contribution in [2.24, 2.45) is 0 Å². The highest BCUT2D eigenvalue weighted by Gasteiger charge is 2.36. The summed E-state index contributed by atoms with van der Waals surface area (Å²) in [4.78, 5) is 9.30. The van der Waals surface area contributed by atoms with Crippen LogP contribution in [-0.4, -0.2) is 23.1 Å². The summed E-state index contributed by atoms with van der Waals surface area (Å²) in [5.41, 5.74) is 1.66. The SMILES string of the molecule is FC(F)(F)c1cc(-c2nc3ccccc3[nH]2)ccc1N1CCCC1. The lowest BCUT2D eigenvalue weighted by Gasteiger charge is -2.23. The van der Waals surface area contributed by atoms with Gasteiger partial charge in [0.1, 0.15) is 5.82 Å². The number of imidazole rings is 1. The highest BCUT2D eigenvalue weighted by atomic mass is 19.4. The van der Waals surface area contributed by atoms with E-state index in [9.17, 15) is 13.2 Å². The van der Waals surface area contributed by atoms with Gasteiger partial charge in [-0.2, -0.15) is 13.2 Å². The monoisotopic (exact) mass is 331 g/mol. The molecule has 0 bridgehead atoms. The van der Waals surface area contributed by atoms with Crippen LogP contribution in [0.2, 0.25) is 0 Å². The maximum absolute atomic E-state index is 13.5. The zero-order valence-electron chi connectivity index (χ0n) is 12.9. The largest absolute Gasteiger partial charge is 0.418 e. The highest BCUT2D eigenvalue weighted by Crippen LogP contribution is 2.39. The van der Waals surface area contributed by atoms with E-state index in [1.165, 1.54) is 6.07 Å². The zero-order chi connectivity index (χ0) is 16.7. The summed E-state index contributed by atoms with van der Waals surface area (Å²) in [7, 11) is 0. The number of halogens is 3. The van der Waals surface area contributed by atoms with Crippen LogP contribution in [0, 0.1) is 0 Å².